The third-order valence-electron chi connectivity index (χ3n) is 7.82. The van der Waals surface area contributed by atoms with Gasteiger partial charge in [0.25, 0.3) is 0 Å². The van der Waals surface area contributed by atoms with Gasteiger partial charge in [0.2, 0.25) is 0 Å². The molecule has 0 atom stereocenters. The first-order valence-corrected chi connectivity index (χ1v) is 13.2. The van der Waals surface area contributed by atoms with E-state index in [9.17, 15) is 13.2 Å². The van der Waals surface area contributed by atoms with E-state index in [1.54, 1.807) is 0 Å². The standard InChI is InChI=1S/C28H24F3N3OS/c1-15-11-20(31)24-21(12-15)36-27(32-24)34-9-7-28(8-10-34)13-17(14-28)22-25(33-35-26(22)16-5-6-16)23-18(29)3-2-4-19(23)30/h2-4,11-13,16H,5-10,14H2,1H3. The minimum Gasteiger partial charge on any atom is -0.360 e. The summed E-state index contributed by atoms with van der Waals surface area (Å²) in [5, 5.41) is 5.01. The van der Waals surface area contributed by atoms with Gasteiger partial charge in [0, 0.05) is 24.6 Å². The average Bonchev–Trinajstić information content (AvgIpc) is 3.44. The zero-order valence-electron chi connectivity index (χ0n) is 19.8. The van der Waals surface area contributed by atoms with Gasteiger partial charge in [-0.3, -0.25) is 0 Å². The second kappa shape index (κ2) is 7.93. The van der Waals surface area contributed by atoms with Crippen LogP contribution < -0.4 is 4.90 Å². The van der Waals surface area contributed by atoms with Crippen molar-refractivity contribution in [1.82, 2.24) is 10.1 Å². The SMILES string of the molecule is Cc1cc(F)c2nc(N3CCC4(C=C(c5c(-c6c(F)cccc6F)noc5C5CC5)C4)CC3)sc2c1. The third-order valence-corrected chi connectivity index (χ3v) is 8.88. The van der Waals surface area contributed by atoms with Crippen molar-refractivity contribution in [2.45, 2.75) is 44.9 Å². The maximum Gasteiger partial charge on any atom is 0.186 e. The Morgan fingerprint density at radius 3 is 2.44 bits per heavy atom. The van der Waals surface area contributed by atoms with E-state index < -0.39 is 11.6 Å². The summed E-state index contributed by atoms with van der Waals surface area (Å²) in [6.07, 6.45) is 7.02. The lowest BCUT2D eigenvalue weighted by Crippen LogP contribution is -2.42. The number of halogens is 3. The molecule has 0 unspecified atom stereocenters. The summed E-state index contributed by atoms with van der Waals surface area (Å²) in [6, 6.07) is 7.39. The lowest BCUT2D eigenvalue weighted by Gasteiger charge is -2.46. The maximum absolute atomic E-state index is 14.6. The minimum atomic E-state index is -0.627. The first kappa shape index (κ1) is 22.1. The molecule has 0 bridgehead atoms. The number of benzene rings is 2. The molecule has 0 amide bonds. The Bertz CT molecular complexity index is 1520. The number of rotatable bonds is 4. The summed E-state index contributed by atoms with van der Waals surface area (Å²) >= 11 is 1.54. The molecule has 3 aliphatic rings. The molecule has 3 heterocycles. The van der Waals surface area contributed by atoms with Gasteiger partial charge in [-0.1, -0.05) is 28.6 Å². The van der Waals surface area contributed by atoms with Gasteiger partial charge < -0.3 is 9.42 Å². The molecule has 1 spiro atoms. The lowest BCUT2D eigenvalue weighted by atomic mass is 9.63. The molecule has 4 aromatic rings. The van der Waals surface area contributed by atoms with Crippen LogP contribution in [0.5, 0.6) is 0 Å². The molecule has 0 radical (unpaired) electrons. The van der Waals surface area contributed by atoms with Crippen LogP contribution in [0, 0.1) is 29.8 Å². The molecule has 184 valence electrons. The fraction of sp³-hybridized carbons (Fsp3) is 0.357. The molecule has 2 aliphatic carbocycles. The van der Waals surface area contributed by atoms with Crippen LogP contribution in [0.25, 0.3) is 27.0 Å². The van der Waals surface area contributed by atoms with Crippen LogP contribution in [0.4, 0.5) is 18.3 Å². The van der Waals surface area contributed by atoms with E-state index in [-0.39, 0.29) is 28.4 Å². The van der Waals surface area contributed by atoms with E-state index in [1.165, 1.54) is 35.6 Å². The number of nitrogens with zero attached hydrogens (tertiary/aromatic N) is 3. The van der Waals surface area contributed by atoms with Crippen molar-refractivity contribution < 1.29 is 17.7 Å². The second-order valence-electron chi connectivity index (χ2n) is 10.4. The van der Waals surface area contributed by atoms with Crippen LogP contribution in [-0.2, 0) is 0 Å². The number of anilines is 1. The molecule has 4 nitrogen and oxygen atoms in total. The van der Waals surface area contributed by atoms with Gasteiger partial charge >= 0.3 is 0 Å². The highest BCUT2D eigenvalue weighted by atomic mass is 32.1. The second-order valence-corrected chi connectivity index (χ2v) is 11.4. The summed E-state index contributed by atoms with van der Waals surface area (Å²) in [5.41, 5.74) is 3.41. The number of aromatic nitrogens is 2. The number of thiazole rings is 1. The van der Waals surface area contributed by atoms with Gasteiger partial charge in [-0.15, -0.1) is 0 Å². The number of hydrogen-bond acceptors (Lipinski definition) is 5. The van der Waals surface area contributed by atoms with Crippen LogP contribution >= 0.6 is 11.3 Å². The Labute approximate surface area is 210 Å². The average molecular weight is 508 g/mol. The van der Waals surface area contributed by atoms with Crippen molar-refractivity contribution in [1.29, 1.82) is 0 Å². The van der Waals surface area contributed by atoms with E-state index in [1.807, 2.05) is 13.0 Å². The quantitative estimate of drug-likeness (QED) is 0.285. The summed E-state index contributed by atoms with van der Waals surface area (Å²) in [5.74, 6) is -0.485. The van der Waals surface area contributed by atoms with Crippen molar-refractivity contribution in [2.24, 2.45) is 5.41 Å². The summed E-state index contributed by atoms with van der Waals surface area (Å²) in [6.45, 7) is 3.56. The zero-order chi connectivity index (χ0) is 24.6. The number of hydrogen-bond donors (Lipinski definition) is 0. The van der Waals surface area contributed by atoms with Crippen molar-refractivity contribution >= 4 is 32.3 Å². The molecule has 1 saturated carbocycles. The van der Waals surface area contributed by atoms with Crippen molar-refractivity contribution in [3.63, 3.8) is 0 Å². The fourth-order valence-corrected chi connectivity index (χ4v) is 6.85. The Kier molecular flexibility index (Phi) is 4.87. The highest BCUT2D eigenvalue weighted by Gasteiger charge is 2.44. The van der Waals surface area contributed by atoms with Crippen LogP contribution in [0.2, 0.25) is 0 Å². The van der Waals surface area contributed by atoms with Gasteiger partial charge in [-0.25, -0.2) is 18.2 Å². The normalized spacial score (nSPS) is 19.1. The predicted octanol–water partition coefficient (Wildman–Crippen LogP) is 7.63. The van der Waals surface area contributed by atoms with Gasteiger partial charge in [-0.2, -0.15) is 0 Å². The van der Waals surface area contributed by atoms with Crippen LogP contribution in [0.1, 0.15) is 54.9 Å². The van der Waals surface area contributed by atoms with E-state index in [2.05, 4.69) is 21.1 Å². The van der Waals surface area contributed by atoms with E-state index >= 15 is 0 Å². The first-order chi connectivity index (χ1) is 17.4. The highest BCUT2D eigenvalue weighted by molar-refractivity contribution is 7.22. The highest BCUT2D eigenvalue weighted by Crippen LogP contribution is 2.56. The van der Waals surface area contributed by atoms with Crippen LogP contribution in [0.3, 0.4) is 0 Å². The first-order valence-electron chi connectivity index (χ1n) is 12.4. The Balaban J connectivity index is 1.16. The van der Waals surface area contributed by atoms with Crippen molar-refractivity contribution in [3.8, 4) is 11.3 Å². The van der Waals surface area contributed by atoms with E-state index in [0.29, 0.717) is 5.52 Å². The maximum atomic E-state index is 14.6. The monoisotopic (exact) mass is 507 g/mol. The number of allylic oxidation sites excluding steroid dienone is 2. The molecule has 36 heavy (non-hydrogen) atoms. The van der Waals surface area contributed by atoms with Gasteiger partial charge in [-0.05, 0) is 79.8 Å². The number of fused-ring (bicyclic) bond motifs is 1. The lowest BCUT2D eigenvalue weighted by molar-refractivity contribution is 0.277. The van der Waals surface area contributed by atoms with E-state index in [4.69, 9.17) is 4.52 Å². The molecular weight excluding hydrogens is 483 g/mol. The predicted molar refractivity (Wildman–Crippen MR) is 135 cm³/mol. The molecule has 2 fully saturated rings. The summed E-state index contributed by atoms with van der Waals surface area (Å²) in [4.78, 5) is 6.83. The third kappa shape index (κ3) is 3.49. The Morgan fingerprint density at radius 1 is 1.03 bits per heavy atom. The molecule has 8 heteroatoms. The number of aryl methyl sites for hydroxylation is 1. The van der Waals surface area contributed by atoms with Crippen LogP contribution in [0.15, 0.2) is 40.9 Å². The van der Waals surface area contributed by atoms with Gasteiger partial charge in [0.1, 0.15) is 28.6 Å². The van der Waals surface area contributed by atoms with Gasteiger partial charge in [0.15, 0.2) is 10.9 Å². The summed E-state index contributed by atoms with van der Waals surface area (Å²) in [7, 11) is 0. The Morgan fingerprint density at radius 2 is 1.75 bits per heavy atom. The molecule has 1 saturated heterocycles. The largest absolute Gasteiger partial charge is 0.360 e. The fourth-order valence-electron chi connectivity index (χ4n) is 5.72. The molecule has 2 aromatic heterocycles. The molecule has 1 aliphatic heterocycles. The smallest absolute Gasteiger partial charge is 0.186 e. The number of piperidine rings is 1. The Hall–Kier alpha value is -3.13. The van der Waals surface area contributed by atoms with E-state index in [0.717, 1.165) is 77.5 Å². The van der Waals surface area contributed by atoms with Crippen molar-refractivity contribution in [3.05, 3.63) is 70.7 Å². The molecular formula is C28H24F3N3OS. The van der Waals surface area contributed by atoms with Gasteiger partial charge in [0.05, 0.1) is 10.3 Å². The minimum absolute atomic E-state index is 0.0491. The van der Waals surface area contributed by atoms with Crippen LogP contribution in [-0.4, -0.2) is 23.2 Å². The zero-order valence-corrected chi connectivity index (χ0v) is 20.6. The van der Waals surface area contributed by atoms with Crippen molar-refractivity contribution in [2.75, 3.05) is 18.0 Å². The molecule has 2 aromatic carbocycles. The molecule has 0 N–H and O–H groups in total. The molecule has 7 rings (SSSR count). The summed E-state index contributed by atoms with van der Waals surface area (Å²) < 4.78 is 50.2. The topological polar surface area (TPSA) is 42.2 Å².